The van der Waals surface area contributed by atoms with E-state index in [4.69, 9.17) is 4.98 Å². The Labute approximate surface area is 147 Å². The molecule has 0 spiro atoms. The Morgan fingerprint density at radius 1 is 1.16 bits per heavy atom. The van der Waals surface area contributed by atoms with Crippen molar-refractivity contribution in [1.29, 1.82) is 0 Å². The zero-order valence-electron chi connectivity index (χ0n) is 14.1. The Kier molecular flexibility index (Phi) is 4.07. The van der Waals surface area contributed by atoms with Gasteiger partial charge in [0.1, 0.15) is 0 Å². The normalized spacial score (nSPS) is 14.1. The fourth-order valence-electron chi connectivity index (χ4n) is 3.14. The van der Waals surface area contributed by atoms with E-state index in [9.17, 15) is 5.11 Å². The third-order valence-corrected chi connectivity index (χ3v) is 4.60. The zero-order chi connectivity index (χ0) is 17.2. The molecule has 5 heteroatoms. The smallest absolute Gasteiger partial charge is 0.174 e. The molecule has 0 unspecified atom stereocenters. The van der Waals surface area contributed by atoms with Crippen LogP contribution in [0.1, 0.15) is 24.1 Å². The van der Waals surface area contributed by atoms with Gasteiger partial charge in [-0.25, -0.2) is 9.97 Å². The largest absolute Gasteiger partial charge is 0.392 e. The van der Waals surface area contributed by atoms with Crippen LogP contribution >= 0.6 is 0 Å². The maximum Gasteiger partial charge on any atom is 0.174 e. The summed E-state index contributed by atoms with van der Waals surface area (Å²) in [6, 6.07) is 18.4. The number of fused-ring (bicyclic) bond motifs is 1. The summed E-state index contributed by atoms with van der Waals surface area (Å²) in [6.45, 7) is 2.88. The lowest BCUT2D eigenvalue weighted by Crippen LogP contribution is -2.26. The first kappa shape index (κ1) is 15.6. The molecule has 1 aromatic heterocycles. The highest BCUT2D eigenvalue weighted by atomic mass is 16.3. The van der Waals surface area contributed by atoms with Gasteiger partial charge in [-0.05, 0) is 24.1 Å². The van der Waals surface area contributed by atoms with Crippen molar-refractivity contribution in [3.63, 3.8) is 0 Å². The van der Waals surface area contributed by atoms with Gasteiger partial charge in [-0.1, -0.05) is 48.5 Å². The molecule has 0 fully saturated rings. The lowest BCUT2D eigenvalue weighted by Gasteiger charge is -2.25. The highest BCUT2D eigenvalue weighted by molar-refractivity contribution is 5.71. The Bertz CT molecular complexity index is 882. The molecule has 0 saturated heterocycles. The number of anilines is 2. The molecule has 1 atom stereocenters. The summed E-state index contributed by atoms with van der Waals surface area (Å²) in [4.78, 5) is 11.6. The molecule has 2 heterocycles. The third-order valence-electron chi connectivity index (χ3n) is 4.60. The molecule has 25 heavy (non-hydrogen) atoms. The highest BCUT2D eigenvalue weighted by Crippen LogP contribution is 2.35. The second-order valence-corrected chi connectivity index (χ2v) is 6.18. The van der Waals surface area contributed by atoms with E-state index in [2.05, 4.69) is 46.4 Å². The number of nitrogens with one attached hydrogen (secondary N) is 1. The monoisotopic (exact) mass is 332 g/mol. The molecule has 2 N–H and O–H groups in total. The number of hydrogen-bond donors (Lipinski definition) is 2. The lowest BCUT2D eigenvalue weighted by molar-refractivity contribution is 0.282. The second-order valence-electron chi connectivity index (χ2n) is 6.18. The topological polar surface area (TPSA) is 61.3 Å². The van der Waals surface area contributed by atoms with Gasteiger partial charge >= 0.3 is 0 Å². The van der Waals surface area contributed by atoms with Gasteiger partial charge < -0.3 is 15.3 Å². The van der Waals surface area contributed by atoms with E-state index >= 15 is 0 Å². The number of aromatic nitrogens is 2. The second kappa shape index (κ2) is 6.53. The minimum absolute atomic E-state index is 0.0188. The van der Waals surface area contributed by atoms with Crippen LogP contribution in [0, 0.1) is 0 Å². The molecule has 0 saturated carbocycles. The van der Waals surface area contributed by atoms with E-state index in [0.29, 0.717) is 6.67 Å². The van der Waals surface area contributed by atoms with Crippen molar-refractivity contribution in [1.82, 2.24) is 9.97 Å². The summed E-state index contributed by atoms with van der Waals surface area (Å²) >= 11 is 0. The molecule has 0 radical (unpaired) electrons. The predicted molar refractivity (Wildman–Crippen MR) is 99.2 cm³/mol. The molecule has 0 amide bonds. The zero-order valence-corrected chi connectivity index (χ0v) is 14.1. The van der Waals surface area contributed by atoms with Crippen LogP contribution in [-0.2, 0) is 6.61 Å². The van der Waals surface area contributed by atoms with Gasteiger partial charge in [0, 0.05) is 5.56 Å². The van der Waals surface area contributed by atoms with Crippen LogP contribution < -0.4 is 10.2 Å². The number of hydrogen-bond acceptors (Lipinski definition) is 5. The average Bonchev–Trinajstić information content (AvgIpc) is 3.11. The van der Waals surface area contributed by atoms with Gasteiger partial charge in [-0.15, -0.1) is 0 Å². The standard InChI is InChI=1S/C20H20N4O/c1-14(16-7-3-2-4-8-16)24-13-22-19-20(24)23-18(11-21-19)17-9-5-6-15(10-17)12-25/h2-11,14,25H,12-13H2,1H3,(H,21,22)/t14-/m0/s1. The number of rotatable bonds is 4. The van der Waals surface area contributed by atoms with E-state index in [1.54, 1.807) is 6.20 Å². The Balaban J connectivity index is 1.70. The van der Waals surface area contributed by atoms with E-state index < -0.39 is 0 Å². The molecular formula is C20H20N4O. The SMILES string of the molecule is C[C@@H](c1ccccc1)N1CNc2ncc(-c3cccc(CO)c3)nc21. The van der Waals surface area contributed by atoms with Gasteiger partial charge in [0.25, 0.3) is 0 Å². The number of aliphatic hydroxyl groups excluding tert-OH is 1. The van der Waals surface area contributed by atoms with Crippen molar-refractivity contribution in [3.05, 3.63) is 71.9 Å². The van der Waals surface area contributed by atoms with Gasteiger partial charge in [0.05, 0.1) is 31.2 Å². The van der Waals surface area contributed by atoms with E-state index in [-0.39, 0.29) is 12.6 Å². The van der Waals surface area contributed by atoms with Crippen molar-refractivity contribution in [3.8, 4) is 11.3 Å². The van der Waals surface area contributed by atoms with Crippen LogP contribution in [0.2, 0.25) is 0 Å². The molecule has 3 aromatic rings. The first-order valence-corrected chi connectivity index (χ1v) is 8.39. The molecular weight excluding hydrogens is 312 g/mol. The molecule has 0 bridgehead atoms. The first-order chi connectivity index (χ1) is 12.3. The maximum absolute atomic E-state index is 9.35. The van der Waals surface area contributed by atoms with Gasteiger partial charge in [-0.2, -0.15) is 0 Å². The maximum atomic E-state index is 9.35. The summed E-state index contributed by atoms with van der Waals surface area (Å²) in [7, 11) is 0. The lowest BCUT2D eigenvalue weighted by atomic mass is 10.1. The van der Waals surface area contributed by atoms with Crippen LogP contribution in [0.25, 0.3) is 11.3 Å². The van der Waals surface area contributed by atoms with Crippen LogP contribution in [0.15, 0.2) is 60.8 Å². The highest BCUT2D eigenvalue weighted by Gasteiger charge is 2.27. The fourth-order valence-corrected chi connectivity index (χ4v) is 3.14. The van der Waals surface area contributed by atoms with E-state index in [1.165, 1.54) is 5.56 Å². The van der Waals surface area contributed by atoms with Crippen molar-refractivity contribution in [2.75, 3.05) is 16.9 Å². The van der Waals surface area contributed by atoms with Crippen LogP contribution in [0.5, 0.6) is 0 Å². The molecule has 126 valence electrons. The van der Waals surface area contributed by atoms with Gasteiger partial charge in [-0.3, -0.25) is 0 Å². The Morgan fingerprint density at radius 2 is 2.00 bits per heavy atom. The molecule has 4 rings (SSSR count). The minimum Gasteiger partial charge on any atom is -0.392 e. The van der Waals surface area contributed by atoms with Crippen LogP contribution in [-0.4, -0.2) is 21.7 Å². The molecule has 1 aliphatic heterocycles. The summed E-state index contributed by atoms with van der Waals surface area (Å²) < 4.78 is 0. The van der Waals surface area contributed by atoms with Gasteiger partial charge in [0.2, 0.25) is 0 Å². The molecule has 5 nitrogen and oxygen atoms in total. The Morgan fingerprint density at radius 3 is 2.80 bits per heavy atom. The van der Waals surface area contributed by atoms with Crippen LogP contribution in [0.4, 0.5) is 11.6 Å². The van der Waals surface area contributed by atoms with Crippen LogP contribution in [0.3, 0.4) is 0 Å². The van der Waals surface area contributed by atoms with Crippen molar-refractivity contribution >= 4 is 11.6 Å². The minimum atomic E-state index is 0.0188. The molecule has 1 aliphatic rings. The molecule has 0 aliphatic carbocycles. The third kappa shape index (κ3) is 2.94. The van der Waals surface area contributed by atoms with Crippen molar-refractivity contribution < 1.29 is 5.11 Å². The van der Waals surface area contributed by atoms with E-state index in [1.807, 2.05) is 30.3 Å². The quantitative estimate of drug-likeness (QED) is 0.764. The van der Waals surface area contributed by atoms with Crippen molar-refractivity contribution in [2.24, 2.45) is 0 Å². The summed E-state index contributed by atoms with van der Waals surface area (Å²) in [5, 5.41) is 12.7. The summed E-state index contributed by atoms with van der Waals surface area (Å²) in [6.07, 6.45) is 1.78. The summed E-state index contributed by atoms with van der Waals surface area (Å²) in [5.74, 6) is 1.67. The average molecular weight is 332 g/mol. The summed E-state index contributed by atoms with van der Waals surface area (Å²) in [5.41, 5.74) is 3.88. The first-order valence-electron chi connectivity index (χ1n) is 8.39. The van der Waals surface area contributed by atoms with Crippen molar-refractivity contribution in [2.45, 2.75) is 19.6 Å². The number of benzene rings is 2. The number of nitrogens with zero attached hydrogens (tertiary/aromatic N) is 3. The van der Waals surface area contributed by atoms with Gasteiger partial charge in [0.15, 0.2) is 11.6 Å². The number of aliphatic hydroxyl groups is 1. The Hall–Kier alpha value is -2.92. The van der Waals surface area contributed by atoms with E-state index in [0.717, 1.165) is 28.5 Å². The fraction of sp³-hybridized carbons (Fsp3) is 0.200. The predicted octanol–water partition coefficient (Wildman–Crippen LogP) is 3.59. The molecule has 2 aromatic carbocycles.